The fourth-order valence-electron chi connectivity index (χ4n) is 2.56. The Morgan fingerprint density at radius 2 is 2.24 bits per heavy atom. The maximum atomic E-state index is 11.9. The van der Waals surface area contributed by atoms with E-state index in [0.717, 1.165) is 16.3 Å². The second-order valence-electron chi connectivity index (χ2n) is 4.93. The molecule has 3 rings (SSSR count). The molecule has 7 heteroatoms. The summed E-state index contributed by atoms with van der Waals surface area (Å²) in [5, 5.41) is 0. The average Bonchev–Trinajstić information content (AvgIpc) is 2.88. The van der Waals surface area contributed by atoms with Gasteiger partial charge in [0.15, 0.2) is 0 Å². The van der Waals surface area contributed by atoms with Crippen LogP contribution in [-0.4, -0.2) is 43.5 Å². The lowest BCUT2D eigenvalue weighted by Gasteiger charge is -2.28. The summed E-state index contributed by atoms with van der Waals surface area (Å²) in [6.07, 6.45) is -0.621. The monoisotopic (exact) mass is 307 g/mol. The number of benzene rings is 1. The SMILES string of the molecule is CCN1C(=O)CSc2cc(N3CC(CN)OC3=O)ccc21. The van der Waals surface area contributed by atoms with E-state index in [9.17, 15) is 9.59 Å². The molecule has 2 aliphatic heterocycles. The van der Waals surface area contributed by atoms with Crippen molar-refractivity contribution in [3.8, 4) is 0 Å². The van der Waals surface area contributed by atoms with Crippen molar-refractivity contribution in [2.45, 2.75) is 17.9 Å². The quantitative estimate of drug-likeness (QED) is 0.914. The van der Waals surface area contributed by atoms with Gasteiger partial charge in [-0.05, 0) is 25.1 Å². The van der Waals surface area contributed by atoms with Crippen LogP contribution in [0, 0.1) is 0 Å². The zero-order chi connectivity index (χ0) is 15.0. The minimum Gasteiger partial charge on any atom is -0.443 e. The first-order chi connectivity index (χ1) is 10.1. The van der Waals surface area contributed by atoms with Crippen molar-refractivity contribution in [3.05, 3.63) is 18.2 Å². The van der Waals surface area contributed by atoms with Crippen molar-refractivity contribution < 1.29 is 14.3 Å². The molecule has 0 saturated carbocycles. The van der Waals surface area contributed by atoms with Crippen molar-refractivity contribution in [1.29, 1.82) is 0 Å². The Labute approximate surface area is 127 Å². The first-order valence-corrected chi connectivity index (χ1v) is 7.88. The number of rotatable bonds is 3. The second kappa shape index (κ2) is 5.57. The highest BCUT2D eigenvalue weighted by atomic mass is 32.2. The number of amides is 2. The van der Waals surface area contributed by atoms with Gasteiger partial charge in [0.05, 0.1) is 18.0 Å². The predicted octanol–water partition coefficient (Wildman–Crippen LogP) is 1.43. The lowest BCUT2D eigenvalue weighted by atomic mass is 10.2. The molecule has 1 aromatic carbocycles. The normalized spacial score (nSPS) is 21.5. The van der Waals surface area contributed by atoms with E-state index in [2.05, 4.69) is 0 Å². The Hall–Kier alpha value is -1.73. The van der Waals surface area contributed by atoms with Gasteiger partial charge < -0.3 is 15.4 Å². The van der Waals surface area contributed by atoms with Gasteiger partial charge in [-0.1, -0.05) is 0 Å². The van der Waals surface area contributed by atoms with Gasteiger partial charge in [0.1, 0.15) is 6.10 Å². The zero-order valence-electron chi connectivity index (χ0n) is 11.7. The van der Waals surface area contributed by atoms with Gasteiger partial charge in [-0.25, -0.2) is 4.79 Å². The van der Waals surface area contributed by atoms with E-state index in [0.29, 0.717) is 25.4 Å². The minimum absolute atomic E-state index is 0.117. The summed E-state index contributed by atoms with van der Waals surface area (Å²) in [6.45, 7) is 3.39. The van der Waals surface area contributed by atoms with Gasteiger partial charge in [0.25, 0.3) is 0 Å². The summed E-state index contributed by atoms with van der Waals surface area (Å²) in [7, 11) is 0. The van der Waals surface area contributed by atoms with Crippen molar-refractivity contribution in [2.75, 3.05) is 35.2 Å². The summed E-state index contributed by atoms with van der Waals surface area (Å²) in [5.74, 6) is 0.548. The highest BCUT2D eigenvalue weighted by molar-refractivity contribution is 8.00. The summed E-state index contributed by atoms with van der Waals surface area (Å²) < 4.78 is 5.17. The third-order valence-electron chi connectivity index (χ3n) is 3.65. The van der Waals surface area contributed by atoms with E-state index in [1.54, 1.807) is 9.80 Å². The van der Waals surface area contributed by atoms with E-state index >= 15 is 0 Å². The Balaban J connectivity index is 1.90. The van der Waals surface area contributed by atoms with Crippen molar-refractivity contribution in [1.82, 2.24) is 0 Å². The lowest BCUT2D eigenvalue weighted by Crippen LogP contribution is -2.35. The molecule has 112 valence electrons. The van der Waals surface area contributed by atoms with Gasteiger partial charge in [-0.2, -0.15) is 0 Å². The van der Waals surface area contributed by atoms with Crippen LogP contribution >= 0.6 is 11.8 Å². The average molecular weight is 307 g/mol. The number of hydrogen-bond acceptors (Lipinski definition) is 5. The molecule has 0 radical (unpaired) electrons. The molecule has 0 bridgehead atoms. The van der Waals surface area contributed by atoms with Crippen LogP contribution in [0.4, 0.5) is 16.2 Å². The van der Waals surface area contributed by atoms with Crippen LogP contribution in [0.5, 0.6) is 0 Å². The Morgan fingerprint density at radius 1 is 1.43 bits per heavy atom. The van der Waals surface area contributed by atoms with Gasteiger partial charge in [0.2, 0.25) is 5.91 Å². The molecular formula is C14H17N3O3S. The number of fused-ring (bicyclic) bond motifs is 1. The Kier molecular flexibility index (Phi) is 3.77. The maximum absolute atomic E-state index is 11.9. The number of thioether (sulfide) groups is 1. The second-order valence-corrected chi connectivity index (χ2v) is 5.95. The van der Waals surface area contributed by atoms with Crippen LogP contribution in [0.25, 0.3) is 0 Å². The fourth-order valence-corrected chi connectivity index (χ4v) is 3.53. The first kappa shape index (κ1) is 14.2. The molecule has 0 aliphatic carbocycles. The third kappa shape index (κ3) is 2.47. The van der Waals surface area contributed by atoms with Crippen molar-refractivity contribution >= 4 is 35.1 Å². The molecule has 1 saturated heterocycles. The first-order valence-electron chi connectivity index (χ1n) is 6.89. The molecule has 6 nitrogen and oxygen atoms in total. The fraction of sp³-hybridized carbons (Fsp3) is 0.429. The molecule has 0 aromatic heterocycles. The molecule has 1 atom stereocenters. The molecule has 21 heavy (non-hydrogen) atoms. The number of hydrogen-bond donors (Lipinski definition) is 1. The van der Waals surface area contributed by atoms with E-state index in [1.807, 2.05) is 25.1 Å². The zero-order valence-corrected chi connectivity index (χ0v) is 12.6. The number of nitrogens with two attached hydrogens (primary N) is 1. The molecule has 0 spiro atoms. The highest BCUT2D eigenvalue weighted by Crippen LogP contribution is 2.38. The molecule has 1 aromatic rings. The van der Waals surface area contributed by atoms with Gasteiger partial charge in [-0.3, -0.25) is 9.69 Å². The van der Waals surface area contributed by atoms with Crippen LogP contribution in [0.3, 0.4) is 0 Å². The molecule has 2 aliphatic rings. The van der Waals surface area contributed by atoms with Crippen molar-refractivity contribution in [2.24, 2.45) is 5.73 Å². The number of ether oxygens (including phenoxy) is 1. The summed E-state index contributed by atoms with van der Waals surface area (Å²) in [4.78, 5) is 28.1. The standard InChI is InChI=1S/C14H17N3O3S/c1-2-16-11-4-3-9(5-12(11)21-8-13(16)18)17-7-10(6-15)20-14(17)19/h3-5,10H,2,6-8,15H2,1H3. The van der Waals surface area contributed by atoms with Gasteiger partial charge in [0, 0.05) is 23.7 Å². The molecule has 2 heterocycles. The number of carbonyl (C=O) groups is 2. The highest BCUT2D eigenvalue weighted by Gasteiger charge is 2.32. The lowest BCUT2D eigenvalue weighted by molar-refractivity contribution is -0.116. The smallest absolute Gasteiger partial charge is 0.414 e. The molecule has 1 fully saturated rings. The Bertz CT molecular complexity index is 593. The van der Waals surface area contributed by atoms with Gasteiger partial charge >= 0.3 is 6.09 Å². The van der Waals surface area contributed by atoms with E-state index in [4.69, 9.17) is 10.5 Å². The Morgan fingerprint density at radius 3 is 2.90 bits per heavy atom. The van der Waals surface area contributed by atoms with Crippen LogP contribution < -0.4 is 15.5 Å². The number of cyclic esters (lactones) is 1. The predicted molar refractivity (Wildman–Crippen MR) is 81.9 cm³/mol. The summed E-state index contributed by atoms with van der Waals surface area (Å²) >= 11 is 1.50. The van der Waals surface area contributed by atoms with E-state index in [-0.39, 0.29) is 18.1 Å². The van der Waals surface area contributed by atoms with Crippen LogP contribution in [0.15, 0.2) is 23.1 Å². The van der Waals surface area contributed by atoms with E-state index < -0.39 is 0 Å². The molecular weight excluding hydrogens is 290 g/mol. The number of carbonyl (C=O) groups excluding carboxylic acids is 2. The molecule has 2 N–H and O–H groups in total. The molecule has 1 unspecified atom stereocenters. The van der Waals surface area contributed by atoms with E-state index in [1.165, 1.54) is 11.8 Å². The third-order valence-corrected chi connectivity index (χ3v) is 4.68. The van der Waals surface area contributed by atoms with Gasteiger partial charge in [-0.15, -0.1) is 11.8 Å². The number of anilines is 2. The minimum atomic E-state index is -0.366. The number of nitrogens with zero attached hydrogens (tertiary/aromatic N) is 2. The summed E-state index contributed by atoms with van der Waals surface area (Å²) in [6, 6.07) is 5.68. The largest absolute Gasteiger partial charge is 0.443 e. The van der Waals surface area contributed by atoms with Crippen LogP contribution in [0.2, 0.25) is 0 Å². The topological polar surface area (TPSA) is 75.9 Å². The summed E-state index contributed by atoms with van der Waals surface area (Å²) in [5.41, 5.74) is 7.24. The van der Waals surface area contributed by atoms with Crippen LogP contribution in [0.1, 0.15) is 6.92 Å². The molecule has 2 amide bonds. The van der Waals surface area contributed by atoms with Crippen molar-refractivity contribution in [3.63, 3.8) is 0 Å². The maximum Gasteiger partial charge on any atom is 0.414 e. The van der Waals surface area contributed by atoms with Crippen LogP contribution in [-0.2, 0) is 9.53 Å².